The fourth-order valence-electron chi connectivity index (χ4n) is 2.64. The van der Waals surface area contributed by atoms with E-state index in [0.717, 1.165) is 41.6 Å². The first-order valence-electron chi connectivity index (χ1n) is 8.84. The van der Waals surface area contributed by atoms with Crippen molar-refractivity contribution in [2.24, 2.45) is 0 Å². The summed E-state index contributed by atoms with van der Waals surface area (Å²) in [5, 5.41) is 8.07. The minimum atomic E-state index is 0.475. The molecule has 0 saturated carbocycles. The molecular formula is C21H23ClN2O3. The predicted octanol–water partition coefficient (Wildman–Crippen LogP) is 4.69. The van der Waals surface area contributed by atoms with E-state index in [9.17, 15) is 0 Å². The van der Waals surface area contributed by atoms with E-state index in [1.807, 2.05) is 38.1 Å². The SMILES string of the molecule is Cc1noc(C)c1CNCc1ccc(OCCOc2ccc(Cl)cc2)cc1. The maximum atomic E-state index is 5.85. The van der Waals surface area contributed by atoms with Crippen LogP contribution in [0.25, 0.3) is 0 Å². The Morgan fingerprint density at radius 1 is 0.889 bits per heavy atom. The van der Waals surface area contributed by atoms with Crippen molar-refractivity contribution in [2.45, 2.75) is 26.9 Å². The number of halogens is 1. The van der Waals surface area contributed by atoms with Gasteiger partial charge in [0, 0.05) is 23.7 Å². The fourth-order valence-corrected chi connectivity index (χ4v) is 2.77. The van der Waals surface area contributed by atoms with Crippen LogP contribution in [-0.2, 0) is 13.1 Å². The third kappa shape index (κ3) is 5.74. The van der Waals surface area contributed by atoms with E-state index in [1.54, 1.807) is 12.1 Å². The van der Waals surface area contributed by atoms with Gasteiger partial charge in [-0.3, -0.25) is 0 Å². The first kappa shape index (κ1) is 19.3. The number of ether oxygens (including phenoxy) is 2. The highest BCUT2D eigenvalue weighted by molar-refractivity contribution is 6.30. The van der Waals surface area contributed by atoms with Crippen LogP contribution in [0.15, 0.2) is 53.1 Å². The van der Waals surface area contributed by atoms with Gasteiger partial charge in [-0.25, -0.2) is 0 Å². The quantitative estimate of drug-likeness (QED) is 0.540. The summed E-state index contributed by atoms with van der Waals surface area (Å²) in [5.41, 5.74) is 3.24. The zero-order valence-corrected chi connectivity index (χ0v) is 16.3. The van der Waals surface area contributed by atoms with Gasteiger partial charge in [0.05, 0.1) is 5.69 Å². The van der Waals surface area contributed by atoms with Gasteiger partial charge in [-0.05, 0) is 55.8 Å². The predicted molar refractivity (Wildman–Crippen MR) is 105 cm³/mol. The Hall–Kier alpha value is -2.50. The smallest absolute Gasteiger partial charge is 0.138 e. The normalized spacial score (nSPS) is 10.8. The van der Waals surface area contributed by atoms with Gasteiger partial charge in [-0.1, -0.05) is 28.9 Å². The zero-order chi connectivity index (χ0) is 19.1. The van der Waals surface area contributed by atoms with Crippen molar-refractivity contribution >= 4 is 11.6 Å². The first-order chi connectivity index (χ1) is 13.1. The number of hydrogen-bond donors (Lipinski definition) is 1. The summed E-state index contributed by atoms with van der Waals surface area (Å²) < 4.78 is 16.5. The summed E-state index contributed by atoms with van der Waals surface area (Å²) in [5.74, 6) is 2.47. The summed E-state index contributed by atoms with van der Waals surface area (Å²) in [6.45, 7) is 6.34. The van der Waals surface area contributed by atoms with Gasteiger partial charge < -0.3 is 19.3 Å². The number of hydrogen-bond acceptors (Lipinski definition) is 5. The molecule has 27 heavy (non-hydrogen) atoms. The van der Waals surface area contributed by atoms with Gasteiger partial charge >= 0.3 is 0 Å². The molecule has 5 nitrogen and oxygen atoms in total. The molecule has 2 aromatic carbocycles. The van der Waals surface area contributed by atoms with Gasteiger partial charge in [-0.2, -0.15) is 0 Å². The molecule has 0 spiro atoms. The Balaban J connectivity index is 1.37. The molecule has 1 N–H and O–H groups in total. The van der Waals surface area contributed by atoms with Crippen molar-refractivity contribution in [1.29, 1.82) is 0 Å². The third-order valence-electron chi connectivity index (χ3n) is 4.17. The van der Waals surface area contributed by atoms with Crippen molar-refractivity contribution in [1.82, 2.24) is 10.5 Å². The van der Waals surface area contributed by atoms with Crippen LogP contribution in [0.5, 0.6) is 11.5 Å². The molecule has 1 aromatic heterocycles. The lowest BCUT2D eigenvalue weighted by molar-refractivity contribution is 0.217. The lowest BCUT2D eigenvalue weighted by Crippen LogP contribution is -2.13. The van der Waals surface area contributed by atoms with E-state index >= 15 is 0 Å². The average Bonchev–Trinajstić information content (AvgIpc) is 3.00. The van der Waals surface area contributed by atoms with E-state index < -0.39 is 0 Å². The summed E-state index contributed by atoms with van der Waals surface area (Å²) >= 11 is 5.85. The molecule has 3 rings (SSSR count). The summed E-state index contributed by atoms with van der Waals surface area (Å²) in [7, 11) is 0. The van der Waals surface area contributed by atoms with Crippen LogP contribution in [0.3, 0.4) is 0 Å². The van der Waals surface area contributed by atoms with Crippen LogP contribution in [0.4, 0.5) is 0 Å². The van der Waals surface area contributed by atoms with E-state index in [4.69, 9.17) is 25.6 Å². The Morgan fingerprint density at radius 2 is 1.48 bits per heavy atom. The lowest BCUT2D eigenvalue weighted by Gasteiger charge is -2.09. The Morgan fingerprint density at radius 3 is 2.04 bits per heavy atom. The van der Waals surface area contributed by atoms with Crippen molar-refractivity contribution in [3.63, 3.8) is 0 Å². The zero-order valence-electron chi connectivity index (χ0n) is 15.5. The van der Waals surface area contributed by atoms with Gasteiger partial charge in [0.2, 0.25) is 0 Å². The van der Waals surface area contributed by atoms with Crippen LogP contribution in [0, 0.1) is 13.8 Å². The number of aryl methyl sites for hydroxylation is 2. The number of aromatic nitrogens is 1. The Labute approximate surface area is 164 Å². The molecule has 0 saturated heterocycles. The largest absolute Gasteiger partial charge is 0.490 e. The summed E-state index contributed by atoms with van der Waals surface area (Å²) in [6.07, 6.45) is 0. The average molecular weight is 387 g/mol. The monoisotopic (exact) mass is 386 g/mol. The van der Waals surface area contributed by atoms with Crippen molar-refractivity contribution in [2.75, 3.05) is 13.2 Å². The van der Waals surface area contributed by atoms with Crippen molar-refractivity contribution < 1.29 is 14.0 Å². The van der Waals surface area contributed by atoms with Crippen LogP contribution in [-0.4, -0.2) is 18.4 Å². The van der Waals surface area contributed by atoms with Crippen molar-refractivity contribution in [3.8, 4) is 11.5 Å². The van der Waals surface area contributed by atoms with Crippen LogP contribution >= 0.6 is 11.6 Å². The van der Waals surface area contributed by atoms with Crippen LogP contribution < -0.4 is 14.8 Å². The second-order valence-electron chi connectivity index (χ2n) is 6.20. The molecule has 0 fully saturated rings. The third-order valence-corrected chi connectivity index (χ3v) is 4.42. The Kier molecular flexibility index (Phi) is 6.74. The van der Waals surface area contributed by atoms with Gasteiger partial charge in [-0.15, -0.1) is 0 Å². The highest BCUT2D eigenvalue weighted by atomic mass is 35.5. The number of nitrogens with zero attached hydrogens (tertiary/aromatic N) is 1. The molecule has 0 radical (unpaired) electrons. The van der Waals surface area contributed by atoms with E-state index in [2.05, 4.69) is 22.6 Å². The van der Waals surface area contributed by atoms with Gasteiger partial charge in [0.25, 0.3) is 0 Å². The molecular weight excluding hydrogens is 364 g/mol. The molecule has 0 aliphatic rings. The fraction of sp³-hybridized carbons (Fsp3) is 0.286. The van der Waals surface area contributed by atoms with Crippen molar-refractivity contribution in [3.05, 3.63) is 76.1 Å². The van der Waals surface area contributed by atoms with E-state index in [-0.39, 0.29) is 0 Å². The maximum Gasteiger partial charge on any atom is 0.138 e. The summed E-state index contributed by atoms with van der Waals surface area (Å²) in [6, 6.07) is 15.3. The number of rotatable bonds is 9. The second-order valence-corrected chi connectivity index (χ2v) is 6.64. The van der Waals surface area contributed by atoms with Gasteiger partial charge in [0.1, 0.15) is 30.5 Å². The maximum absolute atomic E-state index is 5.85. The van der Waals surface area contributed by atoms with E-state index in [0.29, 0.717) is 18.2 Å². The minimum Gasteiger partial charge on any atom is -0.490 e. The Bertz CT molecular complexity index is 825. The first-order valence-corrected chi connectivity index (χ1v) is 9.22. The van der Waals surface area contributed by atoms with Gasteiger partial charge in [0.15, 0.2) is 0 Å². The molecule has 0 aliphatic heterocycles. The molecule has 0 atom stereocenters. The molecule has 1 heterocycles. The van der Waals surface area contributed by atoms with Crippen LogP contribution in [0.1, 0.15) is 22.6 Å². The molecule has 0 aliphatic carbocycles. The molecule has 0 amide bonds. The molecule has 0 unspecified atom stereocenters. The molecule has 6 heteroatoms. The topological polar surface area (TPSA) is 56.5 Å². The molecule has 3 aromatic rings. The standard InChI is InChI=1S/C21H23ClN2O3/c1-15-21(16(2)27-24-15)14-23-13-17-3-7-19(8-4-17)25-11-12-26-20-9-5-18(22)6-10-20/h3-10,23H,11-14H2,1-2H3. The molecule has 142 valence electrons. The molecule has 0 bridgehead atoms. The highest BCUT2D eigenvalue weighted by Crippen LogP contribution is 2.16. The second kappa shape index (κ2) is 9.44. The number of benzene rings is 2. The summed E-state index contributed by atoms with van der Waals surface area (Å²) in [4.78, 5) is 0. The highest BCUT2D eigenvalue weighted by Gasteiger charge is 2.07. The lowest BCUT2D eigenvalue weighted by atomic mass is 10.2. The number of nitrogens with one attached hydrogen (secondary N) is 1. The minimum absolute atomic E-state index is 0.475. The van der Waals surface area contributed by atoms with Crippen LogP contribution in [0.2, 0.25) is 5.02 Å². The van der Waals surface area contributed by atoms with E-state index in [1.165, 1.54) is 5.56 Å².